The van der Waals surface area contributed by atoms with Crippen molar-refractivity contribution in [3.05, 3.63) is 322 Å². The van der Waals surface area contributed by atoms with E-state index in [0.717, 1.165) is 19.5 Å². The summed E-state index contributed by atoms with van der Waals surface area (Å²) in [4.78, 5) is 0. The Morgan fingerprint density at radius 1 is 0.443 bits per heavy atom. The van der Waals surface area contributed by atoms with Gasteiger partial charge in [0.1, 0.15) is 5.84 Å². The molecule has 5 aliphatic carbocycles. The summed E-state index contributed by atoms with van der Waals surface area (Å²) in [6.07, 6.45) is 21.8. The number of fused-ring (bicyclic) bond motifs is 20. The molecule has 8 aromatic carbocycles. The van der Waals surface area contributed by atoms with Gasteiger partial charge in [0.05, 0.1) is 10.8 Å². The minimum atomic E-state index is -0.416. The Morgan fingerprint density at radius 3 is 1.44 bits per heavy atom. The average Bonchev–Trinajstić information content (AvgIpc) is 4.04. The average molecular weight is 902 g/mol. The highest BCUT2D eigenvalue weighted by molar-refractivity contribution is 5.98. The van der Waals surface area contributed by atoms with Crippen molar-refractivity contribution >= 4 is 5.84 Å². The summed E-state index contributed by atoms with van der Waals surface area (Å²) in [5.41, 5.74) is 29.0. The minimum absolute atomic E-state index is 0.0703. The fourth-order valence-corrected chi connectivity index (χ4v) is 11.8. The van der Waals surface area contributed by atoms with Crippen LogP contribution in [0.1, 0.15) is 68.1 Å². The number of allylic oxidation sites excluding steroid dienone is 10. The molecule has 0 saturated carbocycles. The Kier molecular flexibility index (Phi) is 12.0. The van der Waals surface area contributed by atoms with Crippen LogP contribution in [-0.4, -0.2) is 12.4 Å². The van der Waals surface area contributed by atoms with E-state index in [1.54, 1.807) is 0 Å². The molecule has 3 nitrogen and oxygen atoms in total. The quantitative estimate of drug-likeness (QED) is 0.122. The van der Waals surface area contributed by atoms with Crippen LogP contribution >= 0.6 is 0 Å². The van der Waals surface area contributed by atoms with Gasteiger partial charge in [-0.15, -0.1) is 0 Å². The summed E-state index contributed by atoms with van der Waals surface area (Å²) >= 11 is 0. The third kappa shape index (κ3) is 7.21. The topological polar surface area (TPSA) is 61.9 Å². The molecule has 4 N–H and O–H groups in total. The lowest BCUT2D eigenvalue weighted by molar-refractivity contribution is 0.633. The number of nitrogens with two attached hydrogens (primary N) is 1. The van der Waals surface area contributed by atoms with Crippen molar-refractivity contribution in [2.45, 2.75) is 30.7 Å². The number of hydrogen-bond donors (Lipinski definition) is 3. The van der Waals surface area contributed by atoms with Crippen molar-refractivity contribution in [1.82, 2.24) is 5.32 Å². The normalized spacial score (nSPS) is 17.9. The van der Waals surface area contributed by atoms with Crippen molar-refractivity contribution in [3.63, 3.8) is 0 Å². The molecule has 0 saturated heterocycles. The van der Waals surface area contributed by atoms with Crippen LogP contribution in [-0.2, 0) is 23.8 Å². The van der Waals surface area contributed by atoms with Gasteiger partial charge in [0.15, 0.2) is 0 Å². The van der Waals surface area contributed by atoms with Crippen LogP contribution in [0.15, 0.2) is 260 Å². The molecule has 0 amide bonds. The van der Waals surface area contributed by atoms with Crippen LogP contribution in [0, 0.1) is 5.41 Å². The molecule has 0 aromatic heterocycles. The fourth-order valence-electron chi connectivity index (χ4n) is 11.8. The maximum Gasteiger partial charge on any atom is 0.122 e. The van der Waals surface area contributed by atoms with Crippen LogP contribution in [0.3, 0.4) is 0 Å². The molecule has 0 atom stereocenters. The van der Waals surface area contributed by atoms with E-state index in [1.165, 1.54) is 94.6 Å². The van der Waals surface area contributed by atoms with Gasteiger partial charge in [-0.25, -0.2) is 0 Å². The molecule has 0 radical (unpaired) electrons. The Hall–Kier alpha value is -8.37. The van der Waals surface area contributed by atoms with Gasteiger partial charge >= 0.3 is 0 Å². The van der Waals surface area contributed by atoms with E-state index < -0.39 is 10.8 Å². The minimum Gasteiger partial charge on any atom is -0.384 e. The molecular weight excluding hydrogens is 847 g/mol. The van der Waals surface area contributed by atoms with E-state index in [1.807, 2.05) is 72.9 Å². The van der Waals surface area contributed by atoms with Crippen molar-refractivity contribution < 1.29 is 0 Å². The highest BCUT2D eigenvalue weighted by atomic mass is 14.8. The summed E-state index contributed by atoms with van der Waals surface area (Å²) in [5.74, 6) is 0.0703. The number of rotatable bonds is 4. The van der Waals surface area contributed by atoms with Gasteiger partial charge in [-0.2, -0.15) is 0 Å². The second-order valence-corrected chi connectivity index (χ2v) is 18.3. The van der Waals surface area contributed by atoms with E-state index in [2.05, 4.69) is 194 Å². The molecule has 338 valence electrons. The summed E-state index contributed by atoms with van der Waals surface area (Å²) < 4.78 is 0. The van der Waals surface area contributed by atoms with Crippen LogP contribution in [0.2, 0.25) is 0 Å². The fraction of sp³-hybridized carbons (Fsp3) is 0.0896. The Balaban J connectivity index is 0.000000176. The number of hydrogen-bond acceptors (Lipinski definition) is 2. The van der Waals surface area contributed by atoms with E-state index >= 15 is 0 Å². The zero-order valence-electron chi connectivity index (χ0n) is 39.4. The highest BCUT2D eigenvalue weighted by Gasteiger charge is 2.59. The Bertz CT molecular complexity index is 3390. The van der Waals surface area contributed by atoms with E-state index in [0.29, 0.717) is 5.57 Å². The van der Waals surface area contributed by atoms with Crippen molar-refractivity contribution in [2.75, 3.05) is 6.54 Å². The third-order valence-corrected chi connectivity index (χ3v) is 14.6. The van der Waals surface area contributed by atoms with Crippen LogP contribution in [0.25, 0.3) is 33.4 Å². The van der Waals surface area contributed by atoms with Gasteiger partial charge in [-0.3, -0.25) is 5.41 Å². The second kappa shape index (κ2) is 19.0. The molecule has 0 bridgehead atoms. The second-order valence-electron chi connectivity index (χ2n) is 18.3. The summed E-state index contributed by atoms with van der Waals surface area (Å²) in [7, 11) is 0. The number of benzene rings is 8. The van der Waals surface area contributed by atoms with E-state index in [-0.39, 0.29) is 5.84 Å². The Labute approximate surface area is 412 Å². The zero-order chi connectivity index (χ0) is 47.5. The molecule has 13 rings (SSSR count). The maximum absolute atomic E-state index is 7.35. The number of amidine groups is 1. The van der Waals surface area contributed by atoms with Gasteiger partial charge < -0.3 is 11.1 Å². The molecule has 0 unspecified atom stereocenters. The third-order valence-electron chi connectivity index (χ3n) is 14.6. The first kappa shape index (κ1) is 44.2. The molecule has 3 heteroatoms. The largest absolute Gasteiger partial charge is 0.384 e. The molecule has 0 heterocycles. The van der Waals surface area contributed by atoms with Crippen molar-refractivity contribution in [3.8, 4) is 33.4 Å². The first-order chi connectivity index (χ1) is 34.6. The van der Waals surface area contributed by atoms with Gasteiger partial charge in [0.2, 0.25) is 0 Å². The van der Waals surface area contributed by atoms with Crippen molar-refractivity contribution in [1.29, 1.82) is 5.41 Å². The van der Waals surface area contributed by atoms with E-state index in [4.69, 9.17) is 11.1 Å². The molecule has 5 aliphatic rings. The molecule has 8 aromatic rings. The molecule has 0 aliphatic heterocycles. The maximum atomic E-state index is 7.35. The summed E-state index contributed by atoms with van der Waals surface area (Å²) in [6, 6.07) is 70.5. The highest BCUT2D eigenvalue weighted by Crippen LogP contribution is 2.68. The first-order valence-electron chi connectivity index (χ1n) is 24.5. The van der Waals surface area contributed by atoms with Gasteiger partial charge in [-0.1, -0.05) is 262 Å². The SMILES string of the molecule is CCNCc1ccccc1.N=C(N)C1=C/C=C\C=C/C=C\C=C\C=C\1.c1ccc2c(c1)Cc1c-2ccc2c1-c1ccccc1C21c2ccccc2C2(c3ccccc3-c3ccccc32)c2ccccc21. The van der Waals surface area contributed by atoms with Crippen LogP contribution in [0.5, 0.6) is 0 Å². The van der Waals surface area contributed by atoms with Gasteiger partial charge in [-0.05, 0) is 108 Å². The molecule has 2 spiro atoms. The monoisotopic (exact) mass is 901 g/mol. The molecule has 70 heavy (non-hydrogen) atoms. The lowest BCUT2D eigenvalue weighted by Crippen LogP contribution is -2.43. The smallest absolute Gasteiger partial charge is 0.122 e. The van der Waals surface area contributed by atoms with Crippen molar-refractivity contribution in [2.24, 2.45) is 5.73 Å². The molecule has 0 fully saturated rings. The predicted octanol–water partition coefficient (Wildman–Crippen LogP) is 14.7. The predicted molar refractivity (Wildman–Crippen MR) is 292 cm³/mol. The molecular formula is C67H55N3. The first-order valence-corrected chi connectivity index (χ1v) is 24.5. The summed E-state index contributed by atoms with van der Waals surface area (Å²) in [5, 5.41) is 10.6. The zero-order valence-corrected chi connectivity index (χ0v) is 39.4. The van der Waals surface area contributed by atoms with Gasteiger partial charge in [0.25, 0.3) is 0 Å². The number of nitrogens with one attached hydrogen (secondary N) is 2. The standard InChI is InChI=1S/C45H28.C13H14N2.C9H13N/c1-2-14-29-28(13-1)27-34-30(29)25-26-42-43(34)33-17-5-8-20-37(33)45(42)40-23-11-9-21-38(40)44(39-22-10-12-24-41(39)45)35-18-6-3-15-31(35)32-16-4-7-19-36(32)44;14-13(15)12-10-8-6-4-2-1-3-5-7-9-11-12;1-2-10-8-9-6-4-3-5-7-9/h1-26H,27H2;1-11H,(H3,14,15);3-7,10H,2,8H2,1H3/b;2-1-,3-1?,4-2?,5-3-,6-4+,7-5?,8-6?,9-7-,10-8+,11-9?,12-10?,12-11+;. The lowest BCUT2D eigenvalue weighted by Gasteiger charge is -2.48. The van der Waals surface area contributed by atoms with Gasteiger partial charge in [0, 0.05) is 12.1 Å². The lowest BCUT2D eigenvalue weighted by atomic mass is 9.52. The van der Waals surface area contributed by atoms with Crippen LogP contribution < -0.4 is 11.1 Å². The van der Waals surface area contributed by atoms with E-state index in [9.17, 15) is 0 Å². The van der Waals surface area contributed by atoms with Crippen LogP contribution in [0.4, 0.5) is 0 Å². The Morgan fingerprint density at radius 2 is 0.886 bits per heavy atom. The summed E-state index contributed by atoms with van der Waals surface area (Å²) in [6.45, 7) is 4.13.